The van der Waals surface area contributed by atoms with E-state index in [9.17, 15) is 4.79 Å². The third-order valence-electron chi connectivity index (χ3n) is 1.49. The van der Waals surface area contributed by atoms with Gasteiger partial charge in [-0.1, -0.05) is 0 Å². The molecule has 0 aliphatic rings. The molecule has 1 aromatic rings. The summed E-state index contributed by atoms with van der Waals surface area (Å²) in [6, 6.07) is 1.59. The van der Waals surface area contributed by atoms with E-state index in [4.69, 9.17) is 5.11 Å². The highest BCUT2D eigenvalue weighted by molar-refractivity contribution is 7.12. The molecule has 1 heterocycles. The molecular formula is C10H13NO2S. The van der Waals surface area contributed by atoms with Gasteiger partial charge in [-0.3, -0.25) is 4.99 Å². The molecule has 0 aliphatic carbocycles. The highest BCUT2D eigenvalue weighted by Crippen LogP contribution is 2.16. The van der Waals surface area contributed by atoms with Crippen molar-refractivity contribution in [2.75, 3.05) is 0 Å². The minimum absolute atomic E-state index is 0.167. The number of thiophene rings is 1. The maximum Gasteiger partial charge on any atom is 0.337 e. The maximum atomic E-state index is 10.8. The predicted octanol–water partition coefficient (Wildman–Crippen LogP) is 2.66. The van der Waals surface area contributed by atoms with Crippen LogP contribution in [0.1, 0.15) is 36.0 Å². The summed E-state index contributed by atoms with van der Waals surface area (Å²) in [5.41, 5.74) is 0.155. The van der Waals surface area contributed by atoms with E-state index in [0.717, 1.165) is 0 Å². The Labute approximate surface area is 87.1 Å². The summed E-state index contributed by atoms with van der Waals surface area (Å²) in [5.74, 6) is -0.901. The van der Waals surface area contributed by atoms with Crippen LogP contribution in [0.2, 0.25) is 0 Å². The van der Waals surface area contributed by atoms with Gasteiger partial charge < -0.3 is 5.11 Å². The molecule has 0 amide bonds. The van der Waals surface area contributed by atoms with E-state index in [2.05, 4.69) is 4.99 Å². The van der Waals surface area contributed by atoms with Gasteiger partial charge in [0.1, 0.15) is 0 Å². The summed E-state index contributed by atoms with van der Waals surface area (Å²) < 4.78 is 0. The molecule has 0 aromatic carbocycles. The van der Waals surface area contributed by atoms with E-state index in [-0.39, 0.29) is 5.54 Å². The fourth-order valence-electron chi connectivity index (χ4n) is 0.850. The average molecular weight is 211 g/mol. The Balaban J connectivity index is 2.92. The van der Waals surface area contributed by atoms with Crippen molar-refractivity contribution in [3.8, 4) is 0 Å². The monoisotopic (exact) mass is 211 g/mol. The molecule has 0 fully saturated rings. The van der Waals surface area contributed by atoms with Gasteiger partial charge >= 0.3 is 5.97 Å². The lowest BCUT2D eigenvalue weighted by Gasteiger charge is -2.10. The van der Waals surface area contributed by atoms with Gasteiger partial charge in [0.15, 0.2) is 0 Å². The third kappa shape index (κ3) is 2.96. The van der Waals surface area contributed by atoms with Gasteiger partial charge in [0.25, 0.3) is 0 Å². The van der Waals surface area contributed by atoms with Crippen LogP contribution in [0.3, 0.4) is 0 Å². The van der Waals surface area contributed by atoms with Crippen molar-refractivity contribution in [2.45, 2.75) is 26.3 Å². The number of rotatable bonds is 2. The van der Waals surface area contributed by atoms with Crippen molar-refractivity contribution < 1.29 is 9.90 Å². The van der Waals surface area contributed by atoms with Crippen LogP contribution in [0.5, 0.6) is 0 Å². The summed E-state index contributed by atoms with van der Waals surface area (Å²) in [7, 11) is 0. The van der Waals surface area contributed by atoms with E-state index >= 15 is 0 Å². The summed E-state index contributed by atoms with van der Waals surface area (Å²) in [6.07, 6.45) is 1.63. The van der Waals surface area contributed by atoms with Gasteiger partial charge in [-0.05, 0) is 32.2 Å². The normalized spacial score (nSPS) is 12.2. The highest BCUT2D eigenvalue weighted by Gasteiger charge is 2.11. The molecule has 1 aromatic heterocycles. The van der Waals surface area contributed by atoms with Gasteiger partial charge in [-0.25, -0.2) is 4.79 Å². The van der Waals surface area contributed by atoms with Crippen molar-refractivity contribution in [1.29, 1.82) is 0 Å². The van der Waals surface area contributed by atoms with Crippen molar-refractivity contribution in [3.05, 3.63) is 21.9 Å². The van der Waals surface area contributed by atoms with Crippen molar-refractivity contribution in [2.24, 2.45) is 4.99 Å². The molecule has 4 heteroatoms. The number of hydrogen-bond acceptors (Lipinski definition) is 3. The van der Waals surface area contributed by atoms with Crippen molar-refractivity contribution in [3.63, 3.8) is 0 Å². The van der Waals surface area contributed by atoms with Gasteiger partial charge in [-0.15, -0.1) is 11.3 Å². The molecule has 0 unspecified atom stereocenters. The summed E-state index contributed by atoms with van der Waals surface area (Å²) in [4.78, 5) is 15.7. The third-order valence-corrected chi connectivity index (χ3v) is 2.35. The second-order valence-corrected chi connectivity index (χ2v) is 4.88. The predicted molar refractivity (Wildman–Crippen MR) is 58.6 cm³/mol. The smallest absolute Gasteiger partial charge is 0.337 e. The molecule has 0 aliphatic heterocycles. The SMILES string of the molecule is CC(C)(C)/N=C/c1sccc1C(=O)O. The van der Waals surface area contributed by atoms with E-state index in [1.165, 1.54) is 11.3 Å². The number of carboxylic acids is 1. The largest absolute Gasteiger partial charge is 0.478 e. The first kappa shape index (κ1) is 10.9. The summed E-state index contributed by atoms with van der Waals surface area (Å²) >= 11 is 1.39. The number of aromatic carboxylic acids is 1. The average Bonchev–Trinajstić information content (AvgIpc) is 2.46. The van der Waals surface area contributed by atoms with Crippen LogP contribution in [0.4, 0.5) is 0 Å². The summed E-state index contributed by atoms with van der Waals surface area (Å²) in [6.45, 7) is 5.91. The van der Waals surface area contributed by atoms with Gasteiger partial charge in [0.2, 0.25) is 0 Å². The molecule has 1 rings (SSSR count). The Morgan fingerprint density at radius 3 is 2.71 bits per heavy atom. The molecule has 3 nitrogen and oxygen atoms in total. The van der Waals surface area contributed by atoms with E-state index in [1.807, 2.05) is 20.8 Å². The van der Waals surface area contributed by atoms with Crippen LogP contribution in [-0.4, -0.2) is 22.8 Å². The Morgan fingerprint density at radius 1 is 1.57 bits per heavy atom. The molecule has 76 valence electrons. The Bertz CT molecular complexity index is 360. The number of hydrogen-bond donors (Lipinski definition) is 1. The Kier molecular flexibility index (Phi) is 3.06. The van der Waals surface area contributed by atoms with E-state index in [1.54, 1.807) is 17.7 Å². The second-order valence-electron chi connectivity index (χ2n) is 3.93. The second kappa shape index (κ2) is 3.92. The molecular weight excluding hydrogens is 198 g/mol. The van der Waals surface area contributed by atoms with Crippen LogP contribution in [0.15, 0.2) is 16.4 Å². The van der Waals surface area contributed by atoms with Gasteiger partial charge in [0.05, 0.1) is 16.0 Å². The number of carboxylic acid groups (broad SMARTS) is 1. The minimum Gasteiger partial charge on any atom is -0.478 e. The summed E-state index contributed by atoms with van der Waals surface area (Å²) in [5, 5.41) is 10.6. The minimum atomic E-state index is -0.901. The molecule has 0 saturated carbocycles. The lowest BCUT2D eigenvalue weighted by molar-refractivity contribution is 0.0697. The zero-order chi connectivity index (χ0) is 10.8. The molecule has 0 bridgehead atoms. The van der Waals surface area contributed by atoms with Crippen molar-refractivity contribution in [1.82, 2.24) is 0 Å². The van der Waals surface area contributed by atoms with Crippen LogP contribution in [-0.2, 0) is 0 Å². The number of carbonyl (C=O) groups is 1. The quantitative estimate of drug-likeness (QED) is 0.764. The first-order valence-electron chi connectivity index (χ1n) is 4.26. The lowest BCUT2D eigenvalue weighted by atomic mass is 10.1. The van der Waals surface area contributed by atoms with Gasteiger partial charge in [0, 0.05) is 6.21 Å². The first-order chi connectivity index (χ1) is 6.40. The van der Waals surface area contributed by atoms with Crippen LogP contribution >= 0.6 is 11.3 Å². The van der Waals surface area contributed by atoms with Crippen LogP contribution < -0.4 is 0 Å². The number of nitrogens with zero attached hydrogens (tertiary/aromatic N) is 1. The van der Waals surface area contributed by atoms with E-state index < -0.39 is 5.97 Å². The lowest BCUT2D eigenvalue weighted by Crippen LogP contribution is -2.10. The maximum absolute atomic E-state index is 10.8. The zero-order valence-corrected chi connectivity index (χ0v) is 9.26. The van der Waals surface area contributed by atoms with Crippen LogP contribution in [0.25, 0.3) is 0 Å². The van der Waals surface area contributed by atoms with E-state index in [0.29, 0.717) is 10.4 Å². The molecule has 14 heavy (non-hydrogen) atoms. The van der Waals surface area contributed by atoms with Crippen molar-refractivity contribution >= 4 is 23.5 Å². The van der Waals surface area contributed by atoms with Crippen LogP contribution in [0, 0.1) is 0 Å². The Morgan fingerprint density at radius 2 is 2.21 bits per heavy atom. The highest BCUT2D eigenvalue weighted by atomic mass is 32.1. The molecule has 0 radical (unpaired) electrons. The topological polar surface area (TPSA) is 49.7 Å². The molecule has 0 atom stereocenters. The molecule has 1 N–H and O–H groups in total. The fourth-order valence-corrected chi connectivity index (χ4v) is 1.60. The Hall–Kier alpha value is -1.16. The number of aliphatic imine (C=N–C) groups is 1. The molecule has 0 saturated heterocycles. The zero-order valence-electron chi connectivity index (χ0n) is 8.44. The molecule has 0 spiro atoms. The first-order valence-corrected chi connectivity index (χ1v) is 5.14. The van der Waals surface area contributed by atoms with Gasteiger partial charge in [-0.2, -0.15) is 0 Å². The fraction of sp³-hybridized carbons (Fsp3) is 0.400. The standard InChI is InChI=1S/C10H13NO2S/c1-10(2,3)11-6-8-7(9(12)13)4-5-14-8/h4-6H,1-3H3,(H,12,13)/b11-6+.